The van der Waals surface area contributed by atoms with Crippen molar-refractivity contribution in [1.82, 2.24) is 9.78 Å². The van der Waals surface area contributed by atoms with Crippen LogP contribution < -0.4 is 0 Å². The Morgan fingerprint density at radius 1 is 1.15 bits per heavy atom. The van der Waals surface area contributed by atoms with Gasteiger partial charge >= 0.3 is 0 Å². The van der Waals surface area contributed by atoms with Crippen molar-refractivity contribution in [2.24, 2.45) is 0 Å². The van der Waals surface area contributed by atoms with Gasteiger partial charge in [0.2, 0.25) is 0 Å². The monoisotopic (exact) mass is 274 g/mol. The maximum absolute atomic E-state index is 5.55. The standard InChI is InChI=1S/C17H26N2O/c1-11-10-17(2,3)14-15(12-6-8-20-9-7-12)18-19(16(11)14)13-4-5-13/h11-13H,4-10H2,1-3H3/t11-/m0/s1. The zero-order valence-corrected chi connectivity index (χ0v) is 13.0. The maximum atomic E-state index is 5.55. The van der Waals surface area contributed by atoms with Crippen LogP contribution in [0.15, 0.2) is 0 Å². The Morgan fingerprint density at radius 3 is 2.50 bits per heavy atom. The second-order valence-corrected chi connectivity index (χ2v) is 7.70. The van der Waals surface area contributed by atoms with Crippen LogP contribution in [0.3, 0.4) is 0 Å². The first-order chi connectivity index (χ1) is 9.58. The second kappa shape index (κ2) is 4.33. The molecule has 110 valence electrons. The van der Waals surface area contributed by atoms with Crippen molar-refractivity contribution in [3.63, 3.8) is 0 Å². The highest BCUT2D eigenvalue weighted by Crippen LogP contribution is 2.52. The zero-order chi connectivity index (χ0) is 13.9. The quantitative estimate of drug-likeness (QED) is 0.818. The summed E-state index contributed by atoms with van der Waals surface area (Å²) in [5, 5.41) is 5.12. The molecule has 1 aliphatic heterocycles. The molecule has 1 aromatic heterocycles. The largest absolute Gasteiger partial charge is 0.381 e. The molecule has 2 fully saturated rings. The Balaban J connectivity index is 1.82. The smallest absolute Gasteiger partial charge is 0.0697 e. The molecule has 2 heterocycles. The van der Waals surface area contributed by atoms with Crippen molar-refractivity contribution in [3.8, 4) is 0 Å². The van der Waals surface area contributed by atoms with Gasteiger partial charge in [0.25, 0.3) is 0 Å². The Hall–Kier alpha value is -0.830. The average Bonchev–Trinajstić information content (AvgIpc) is 3.12. The third-order valence-electron chi connectivity index (χ3n) is 5.44. The van der Waals surface area contributed by atoms with Crippen LogP contribution in [-0.4, -0.2) is 23.0 Å². The van der Waals surface area contributed by atoms with Gasteiger partial charge in [-0.25, -0.2) is 0 Å². The van der Waals surface area contributed by atoms with Gasteiger partial charge in [-0.05, 0) is 43.4 Å². The van der Waals surface area contributed by atoms with Crippen LogP contribution >= 0.6 is 0 Å². The lowest BCUT2D eigenvalue weighted by molar-refractivity contribution is 0.0839. The highest BCUT2D eigenvalue weighted by atomic mass is 16.5. The molecule has 0 N–H and O–H groups in total. The number of ether oxygens (including phenoxy) is 1. The van der Waals surface area contributed by atoms with E-state index < -0.39 is 0 Å². The minimum Gasteiger partial charge on any atom is -0.381 e. The third kappa shape index (κ3) is 1.86. The maximum Gasteiger partial charge on any atom is 0.0697 e. The molecular weight excluding hydrogens is 248 g/mol. The first-order valence-electron chi connectivity index (χ1n) is 8.28. The molecule has 1 saturated carbocycles. The van der Waals surface area contributed by atoms with Gasteiger partial charge in [0, 0.05) is 30.4 Å². The van der Waals surface area contributed by atoms with E-state index in [-0.39, 0.29) is 0 Å². The van der Waals surface area contributed by atoms with E-state index in [4.69, 9.17) is 9.84 Å². The number of fused-ring (bicyclic) bond motifs is 1. The van der Waals surface area contributed by atoms with E-state index in [0.29, 0.717) is 23.3 Å². The van der Waals surface area contributed by atoms with Crippen molar-refractivity contribution in [3.05, 3.63) is 17.0 Å². The predicted molar refractivity (Wildman–Crippen MR) is 79.4 cm³/mol. The van der Waals surface area contributed by atoms with Crippen molar-refractivity contribution < 1.29 is 4.74 Å². The Bertz CT molecular complexity index is 521. The van der Waals surface area contributed by atoms with Crippen LogP contribution in [0.2, 0.25) is 0 Å². The molecule has 0 bridgehead atoms. The van der Waals surface area contributed by atoms with Crippen molar-refractivity contribution in [1.29, 1.82) is 0 Å². The summed E-state index contributed by atoms with van der Waals surface area (Å²) in [6, 6.07) is 0.702. The van der Waals surface area contributed by atoms with E-state index >= 15 is 0 Å². The van der Waals surface area contributed by atoms with E-state index in [2.05, 4.69) is 25.5 Å². The zero-order valence-electron chi connectivity index (χ0n) is 13.0. The summed E-state index contributed by atoms with van der Waals surface area (Å²) in [7, 11) is 0. The molecule has 0 radical (unpaired) electrons. The summed E-state index contributed by atoms with van der Waals surface area (Å²) in [6.07, 6.45) is 6.24. The molecule has 0 spiro atoms. The van der Waals surface area contributed by atoms with Crippen molar-refractivity contribution in [2.45, 2.75) is 76.2 Å². The Kier molecular flexibility index (Phi) is 2.79. The normalized spacial score (nSPS) is 29.6. The summed E-state index contributed by atoms with van der Waals surface area (Å²) >= 11 is 0. The fourth-order valence-electron chi connectivity index (χ4n) is 4.45. The fourth-order valence-corrected chi connectivity index (χ4v) is 4.45. The van der Waals surface area contributed by atoms with Crippen LogP contribution in [0.1, 0.15) is 87.7 Å². The molecule has 4 rings (SSSR count). The fraction of sp³-hybridized carbons (Fsp3) is 0.824. The molecule has 2 aliphatic carbocycles. The van der Waals surface area contributed by atoms with Gasteiger partial charge in [0.05, 0.1) is 11.7 Å². The Morgan fingerprint density at radius 2 is 1.85 bits per heavy atom. The lowest BCUT2D eigenvalue weighted by Crippen LogP contribution is -2.20. The molecule has 0 unspecified atom stereocenters. The number of hydrogen-bond acceptors (Lipinski definition) is 2. The summed E-state index contributed by atoms with van der Waals surface area (Å²) in [5.74, 6) is 1.30. The number of nitrogens with zero attached hydrogens (tertiary/aromatic N) is 2. The van der Waals surface area contributed by atoms with Crippen LogP contribution in [0.5, 0.6) is 0 Å². The van der Waals surface area contributed by atoms with Gasteiger partial charge in [0.1, 0.15) is 0 Å². The molecule has 3 heteroatoms. The average molecular weight is 274 g/mol. The molecule has 0 aromatic carbocycles. The van der Waals surface area contributed by atoms with E-state index in [1.54, 1.807) is 11.3 Å². The third-order valence-corrected chi connectivity index (χ3v) is 5.44. The van der Waals surface area contributed by atoms with Crippen LogP contribution in [0, 0.1) is 0 Å². The lowest BCUT2D eigenvalue weighted by Gasteiger charge is -2.25. The van der Waals surface area contributed by atoms with Gasteiger partial charge in [-0.1, -0.05) is 20.8 Å². The topological polar surface area (TPSA) is 27.1 Å². The van der Waals surface area contributed by atoms with Crippen molar-refractivity contribution >= 4 is 0 Å². The molecule has 1 saturated heterocycles. The molecule has 20 heavy (non-hydrogen) atoms. The first kappa shape index (κ1) is 12.9. The minimum atomic E-state index is 0.301. The van der Waals surface area contributed by atoms with Crippen LogP contribution in [-0.2, 0) is 10.2 Å². The Labute approximate surface area is 121 Å². The van der Waals surface area contributed by atoms with E-state index in [1.807, 2.05) is 0 Å². The van der Waals surface area contributed by atoms with E-state index in [1.165, 1.54) is 25.0 Å². The number of aromatic nitrogens is 2. The highest BCUT2D eigenvalue weighted by molar-refractivity contribution is 5.43. The van der Waals surface area contributed by atoms with E-state index in [0.717, 1.165) is 26.1 Å². The van der Waals surface area contributed by atoms with Gasteiger partial charge in [-0.2, -0.15) is 5.10 Å². The molecule has 3 nitrogen and oxygen atoms in total. The molecule has 0 amide bonds. The van der Waals surface area contributed by atoms with Gasteiger partial charge in [0.15, 0.2) is 0 Å². The number of hydrogen-bond donors (Lipinski definition) is 0. The summed E-state index contributed by atoms with van der Waals surface area (Å²) < 4.78 is 7.96. The summed E-state index contributed by atoms with van der Waals surface area (Å²) in [5.41, 5.74) is 4.89. The van der Waals surface area contributed by atoms with Gasteiger partial charge < -0.3 is 4.74 Å². The van der Waals surface area contributed by atoms with Crippen LogP contribution in [0.4, 0.5) is 0 Å². The van der Waals surface area contributed by atoms with Crippen LogP contribution in [0.25, 0.3) is 0 Å². The molecular formula is C17H26N2O. The SMILES string of the molecule is C[C@H]1CC(C)(C)c2c(C3CCOCC3)nn(C3CC3)c21. The lowest BCUT2D eigenvalue weighted by atomic mass is 9.81. The number of rotatable bonds is 2. The second-order valence-electron chi connectivity index (χ2n) is 7.70. The first-order valence-corrected chi connectivity index (χ1v) is 8.28. The van der Waals surface area contributed by atoms with Gasteiger partial charge in [-0.3, -0.25) is 4.68 Å². The highest BCUT2D eigenvalue weighted by Gasteiger charge is 2.44. The van der Waals surface area contributed by atoms with Gasteiger partial charge in [-0.15, -0.1) is 0 Å². The minimum absolute atomic E-state index is 0.301. The van der Waals surface area contributed by atoms with E-state index in [9.17, 15) is 0 Å². The van der Waals surface area contributed by atoms with Crippen molar-refractivity contribution in [2.75, 3.05) is 13.2 Å². The molecule has 1 aromatic rings. The predicted octanol–water partition coefficient (Wildman–Crippen LogP) is 3.90. The molecule has 3 aliphatic rings. The summed E-state index contributed by atoms with van der Waals surface area (Å²) in [6.45, 7) is 9.04. The summed E-state index contributed by atoms with van der Waals surface area (Å²) in [4.78, 5) is 0. The molecule has 1 atom stereocenters.